The summed E-state index contributed by atoms with van der Waals surface area (Å²) in [7, 11) is 0. The molecule has 2 aromatic rings. The van der Waals surface area contributed by atoms with Crippen LogP contribution in [0.3, 0.4) is 0 Å². The van der Waals surface area contributed by atoms with Gasteiger partial charge >= 0.3 is 0 Å². The number of amides is 1. The Morgan fingerprint density at radius 1 is 1.20 bits per heavy atom. The van der Waals surface area contributed by atoms with Crippen molar-refractivity contribution in [3.63, 3.8) is 0 Å². The zero-order valence-corrected chi connectivity index (χ0v) is 11.4. The smallest absolute Gasteiger partial charge is 0.258 e. The minimum Gasteiger partial charge on any atom is -0.508 e. The van der Waals surface area contributed by atoms with E-state index in [2.05, 4.69) is 0 Å². The van der Waals surface area contributed by atoms with Gasteiger partial charge in [-0.2, -0.15) is 0 Å². The van der Waals surface area contributed by atoms with Gasteiger partial charge in [0.15, 0.2) is 0 Å². The lowest BCUT2D eigenvalue weighted by molar-refractivity contribution is 0.0988. The Bertz CT molecular complexity index is 594. The molecule has 0 unspecified atom stereocenters. The minimum atomic E-state index is -0.135. The predicted molar refractivity (Wildman–Crippen MR) is 79.8 cm³/mol. The van der Waals surface area contributed by atoms with E-state index < -0.39 is 0 Å². The van der Waals surface area contributed by atoms with Crippen molar-refractivity contribution in [2.45, 2.75) is 13.5 Å². The van der Waals surface area contributed by atoms with Gasteiger partial charge in [0.05, 0.1) is 0 Å². The highest BCUT2D eigenvalue weighted by molar-refractivity contribution is 6.06. The summed E-state index contributed by atoms with van der Waals surface area (Å²) in [4.78, 5) is 14.1. The fourth-order valence-corrected chi connectivity index (χ4v) is 2.05. The van der Waals surface area contributed by atoms with E-state index in [-0.39, 0.29) is 11.7 Å². The van der Waals surface area contributed by atoms with E-state index in [0.29, 0.717) is 18.7 Å². The lowest BCUT2D eigenvalue weighted by Gasteiger charge is -2.21. The van der Waals surface area contributed by atoms with Gasteiger partial charge in [0, 0.05) is 24.3 Å². The van der Waals surface area contributed by atoms with E-state index in [4.69, 9.17) is 5.73 Å². The van der Waals surface area contributed by atoms with Crippen molar-refractivity contribution in [1.82, 2.24) is 0 Å². The Hall–Kier alpha value is -2.33. The highest BCUT2D eigenvalue weighted by Gasteiger charge is 2.16. The van der Waals surface area contributed by atoms with Gasteiger partial charge in [0.2, 0.25) is 0 Å². The molecule has 2 aromatic carbocycles. The summed E-state index contributed by atoms with van der Waals surface area (Å²) in [5, 5.41) is 9.47. The summed E-state index contributed by atoms with van der Waals surface area (Å²) >= 11 is 0. The summed E-state index contributed by atoms with van der Waals surface area (Å²) < 4.78 is 0. The number of aromatic hydroxyl groups is 1. The van der Waals surface area contributed by atoms with Gasteiger partial charge < -0.3 is 15.7 Å². The molecular formula is C16H18N2O2. The largest absolute Gasteiger partial charge is 0.508 e. The SMILES string of the molecule is CCN(C(=O)c1cccc(O)c1)c1ccc(CN)cc1. The van der Waals surface area contributed by atoms with Crippen molar-refractivity contribution in [2.75, 3.05) is 11.4 Å². The molecule has 0 aliphatic carbocycles. The molecule has 0 heterocycles. The number of nitrogens with two attached hydrogens (primary N) is 1. The first-order chi connectivity index (χ1) is 9.65. The number of rotatable bonds is 4. The summed E-state index contributed by atoms with van der Waals surface area (Å²) in [5.74, 6) is -0.0470. The molecule has 0 fully saturated rings. The fourth-order valence-electron chi connectivity index (χ4n) is 2.05. The first-order valence-electron chi connectivity index (χ1n) is 6.55. The first kappa shape index (κ1) is 14.1. The Kier molecular flexibility index (Phi) is 4.38. The molecule has 4 nitrogen and oxygen atoms in total. The molecule has 3 N–H and O–H groups in total. The van der Waals surface area contributed by atoms with Crippen molar-refractivity contribution in [1.29, 1.82) is 0 Å². The number of nitrogens with zero attached hydrogens (tertiary/aromatic N) is 1. The van der Waals surface area contributed by atoms with E-state index in [1.807, 2.05) is 31.2 Å². The molecule has 4 heteroatoms. The molecule has 104 valence electrons. The van der Waals surface area contributed by atoms with Crippen molar-refractivity contribution in [3.8, 4) is 5.75 Å². The number of hydrogen-bond donors (Lipinski definition) is 2. The third-order valence-electron chi connectivity index (χ3n) is 3.14. The van der Waals surface area contributed by atoms with Crippen molar-refractivity contribution in [3.05, 3.63) is 59.7 Å². The van der Waals surface area contributed by atoms with E-state index in [0.717, 1.165) is 11.3 Å². The van der Waals surface area contributed by atoms with Gasteiger partial charge in [-0.25, -0.2) is 0 Å². The van der Waals surface area contributed by atoms with Crippen LogP contribution in [-0.4, -0.2) is 17.6 Å². The molecular weight excluding hydrogens is 252 g/mol. The summed E-state index contributed by atoms with van der Waals surface area (Å²) in [6.07, 6.45) is 0. The monoisotopic (exact) mass is 270 g/mol. The van der Waals surface area contributed by atoms with Gasteiger partial charge in [-0.15, -0.1) is 0 Å². The van der Waals surface area contributed by atoms with Crippen LogP contribution in [0, 0.1) is 0 Å². The van der Waals surface area contributed by atoms with Gasteiger partial charge in [0.1, 0.15) is 5.75 Å². The second-order valence-corrected chi connectivity index (χ2v) is 4.47. The summed E-state index contributed by atoms with van der Waals surface area (Å²) in [6, 6.07) is 14.0. The molecule has 0 aliphatic heterocycles. The van der Waals surface area contributed by atoms with E-state index in [9.17, 15) is 9.90 Å². The van der Waals surface area contributed by atoms with Crippen LogP contribution < -0.4 is 10.6 Å². The Morgan fingerprint density at radius 2 is 1.90 bits per heavy atom. The minimum absolute atomic E-state index is 0.0883. The third-order valence-corrected chi connectivity index (χ3v) is 3.14. The van der Waals surface area contributed by atoms with Crippen molar-refractivity contribution >= 4 is 11.6 Å². The maximum absolute atomic E-state index is 12.5. The second-order valence-electron chi connectivity index (χ2n) is 4.47. The maximum Gasteiger partial charge on any atom is 0.258 e. The van der Waals surface area contributed by atoms with E-state index in [1.54, 1.807) is 23.1 Å². The van der Waals surface area contributed by atoms with Crippen LogP contribution in [0.1, 0.15) is 22.8 Å². The standard InChI is InChI=1S/C16H18N2O2/c1-2-18(14-8-6-12(11-17)7-9-14)16(20)13-4-3-5-15(19)10-13/h3-10,19H,2,11,17H2,1H3. The van der Waals surface area contributed by atoms with Crippen LogP contribution in [-0.2, 0) is 6.54 Å². The van der Waals surface area contributed by atoms with Crippen LogP contribution in [0.25, 0.3) is 0 Å². The molecule has 0 spiro atoms. The van der Waals surface area contributed by atoms with Crippen LogP contribution in [0.4, 0.5) is 5.69 Å². The number of hydrogen-bond acceptors (Lipinski definition) is 3. The first-order valence-corrected chi connectivity index (χ1v) is 6.55. The molecule has 0 atom stereocenters. The van der Waals surface area contributed by atoms with Gasteiger partial charge in [-0.3, -0.25) is 4.79 Å². The highest BCUT2D eigenvalue weighted by atomic mass is 16.3. The lowest BCUT2D eigenvalue weighted by Crippen LogP contribution is -2.30. The normalized spacial score (nSPS) is 10.3. The molecule has 0 bridgehead atoms. The van der Waals surface area contributed by atoms with Gasteiger partial charge in [-0.1, -0.05) is 18.2 Å². The molecule has 1 amide bonds. The number of phenols is 1. The van der Waals surface area contributed by atoms with Crippen LogP contribution in [0.15, 0.2) is 48.5 Å². The molecule has 2 rings (SSSR count). The van der Waals surface area contributed by atoms with Gasteiger partial charge in [0.25, 0.3) is 5.91 Å². The fraction of sp³-hybridized carbons (Fsp3) is 0.188. The topological polar surface area (TPSA) is 66.6 Å². The van der Waals surface area contributed by atoms with E-state index >= 15 is 0 Å². The van der Waals surface area contributed by atoms with Crippen LogP contribution in [0.2, 0.25) is 0 Å². The Morgan fingerprint density at radius 3 is 2.45 bits per heavy atom. The van der Waals surface area contributed by atoms with Gasteiger partial charge in [-0.05, 0) is 42.8 Å². The van der Waals surface area contributed by atoms with Crippen molar-refractivity contribution in [2.24, 2.45) is 5.73 Å². The molecule has 0 saturated heterocycles. The zero-order valence-electron chi connectivity index (χ0n) is 11.4. The number of benzene rings is 2. The number of phenolic OH excluding ortho intramolecular Hbond substituents is 1. The molecule has 0 aliphatic rings. The number of anilines is 1. The molecule has 0 aromatic heterocycles. The average Bonchev–Trinajstić information content (AvgIpc) is 2.48. The number of carbonyl (C=O) groups excluding carboxylic acids is 1. The Balaban J connectivity index is 2.29. The average molecular weight is 270 g/mol. The number of carbonyl (C=O) groups is 1. The summed E-state index contributed by atoms with van der Waals surface area (Å²) in [6.45, 7) is 2.95. The predicted octanol–water partition coefficient (Wildman–Crippen LogP) is 2.52. The molecule has 0 saturated carbocycles. The zero-order chi connectivity index (χ0) is 14.5. The second kappa shape index (κ2) is 6.21. The lowest BCUT2D eigenvalue weighted by atomic mass is 10.1. The quantitative estimate of drug-likeness (QED) is 0.897. The Labute approximate surface area is 118 Å². The van der Waals surface area contributed by atoms with Crippen LogP contribution in [0.5, 0.6) is 5.75 Å². The van der Waals surface area contributed by atoms with Crippen LogP contribution >= 0.6 is 0 Å². The molecule has 20 heavy (non-hydrogen) atoms. The third kappa shape index (κ3) is 2.97. The maximum atomic E-state index is 12.5. The summed E-state index contributed by atoms with van der Waals surface area (Å²) in [5.41, 5.74) is 7.88. The molecule has 0 radical (unpaired) electrons. The van der Waals surface area contributed by atoms with Crippen molar-refractivity contribution < 1.29 is 9.90 Å². The highest BCUT2D eigenvalue weighted by Crippen LogP contribution is 2.19. The van der Waals surface area contributed by atoms with E-state index in [1.165, 1.54) is 6.07 Å².